The first-order chi connectivity index (χ1) is 13.2. The van der Waals surface area contributed by atoms with Crippen molar-refractivity contribution in [3.8, 4) is 0 Å². The summed E-state index contributed by atoms with van der Waals surface area (Å²) in [6.07, 6.45) is -1.08. The highest BCUT2D eigenvalue weighted by molar-refractivity contribution is 6.08. The summed E-state index contributed by atoms with van der Waals surface area (Å²) in [5, 5.41) is 6.79. The highest BCUT2D eigenvalue weighted by Gasteiger charge is 2.47. The summed E-state index contributed by atoms with van der Waals surface area (Å²) in [5.74, 6) is -2.39. The molecule has 1 heterocycles. The van der Waals surface area contributed by atoms with E-state index in [1.54, 1.807) is 44.2 Å². The van der Waals surface area contributed by atoms with E-state index in [9.17, 15) is 24.0 Å². The van der Waals surface area contributed by atoms with Crippen LogP contribution >= 0.6 is 0 Å². The molecule has 3 N–H and O–H groups in total. The molecule has 1 aliphatic heterocycles. The summed E-state index contributed by atoms with van der Waals surface area (Å²) in [7, 11) is 1.33. The summed E-state index contributed by atoms with van der Waals surface area (Å²) in [6, 6.07) is 6.58. The normalized spacial score (nSPS) is 19.6. The molecular weight excluding hydrogens is 368 g/mol. The number of hydrogen-bond donors (Lipinski definition) is 3. The number of nitrogens with zero attached hydrogens (tertiary/aromatic N) is 1. The Bertz CT molecular complexity index is 797. The van der Waals surface area contributed by atoms with Crippen LogP contribution in [0.2, 0.25) is 0 Å². The van der Waals surface area contributed by atoms with Gasteiger partial charge in [0.15, 0.2) is 0 Å². The molecule has 1 aromatic carbocycles. The van der Waals surface area contributed by atoms with Crippen molar-refractivity contribution in [1.29, 1.82) is 0 Å². The fraction of sp³-hybridized carbons (Fsp3) is 0.389. The van der Waals surface area contributed by atoms with E-state index in [4.69, 9.17) is 4.74 Å². The summed E-state index contributed by atoms with van der Waals surface area (Å²) in [6.45, 7) is 2.63. The van der Waals surface area contributed by atoms with Gasteiger partial charge in [-0.1, -0.05) is 37.3 Å². The van der Waals surface area contributed by atoms with Crippen LogP contribution in [0.1, 0.15) is 31.9 Å². The molecule has 0 aromatic heterocycles. The number of rotatable bonds is 6. The number of esters is 1. The molecule has 2 unspecified atom stereocenters. The number of carbonyl (C=O) groups is 5. The number of benzene rings is 1. The Morgan fingerprint density at radius 2 is 1.86 bits per heavy atom. The number of amides is 6. The second-order valence-electron chi connectivity index (χ2n) is 6.36. The fourth-order valence-corrected chi connectivity index (χ4v) is 2.57. The topological polar surface area (TPSA) is 134 Å². The van der Waals surface area contributed by atoms with Crippen LogP contribution in [0, 0.1) is 0 Å². The first-order valence-corrected chi connectivity index (χ1v) is 8.63. The zero-order valence-electron chi connectivity index (χ0n) is 15.8. The van der Waals surface area contributed by atoms with Crippen molar-refractivity contribution in [2.24, 2.45) is 0 Å². The predicted octanol–water partition coefficient (Wildman–Crippen LogP) is 0.447. The molecule has 1 aromatic rings. The molecule has 0 aliphatic carbocycles. The van der Waals surface area contributed by atoms with Crippen LogP contribution in [-0.4, -0.2) is 53.9 Å². The average Bonchev–Trinajstić information content (AvgIpc) is 2.90. The molecule has 10 heteroatoms. The number of nitrogens with one attached hydrogen (secondary N) is 3. The summed E-state index contributed by atoms with van der Waals surface area (Å²) < 4.78 is 5.20. The minimum Gasteiger partial charge on any atom is -0.446 e. The second kappa shape index (κ2) is 8.51. The number of urea groups is 2. The summed E-state index contributed by atoms with van der Waals surface area (Å²) >= 11 is 0. The number of carbonyl (C=O) groups excluding carboxylic acids is 5. The quantitative estimate of drug-likeness (QED) is 0.477. The van der Waals surface area contributed by atoms with Gasteiger partial charge in [0, 0.05) is 12.6 Å². The van der Waals surface area contributed by atoms with E-state index in [-0.39, 0.29) is 0 Å². The molecule has 10 nitrogen and oxygen atoms in total. The van der Waals surface area contributed by atoms with Crippen molar-refractivity contribution >= 4 is 29.8 Å². The van der Waals surface area contributed by atoms with Gasteiger partial charge in [-0.2, -0.15) is 0 Å². The summed E-state index contributed by atoms with van der Waals surface area (Å²) in [4.78, 5) is 61.3. The zero-order valence-corrected chi connectivity index (χ0v) is 15.8. The third-order valence-corrected chi connectivity index (χ3v) is 4.39. The van der Waals surface area contributed by atoms with E-state index in [2.05, 4.69) is 10.6 Å². The highest BCUT2D eigenvalue weighted by Crippen LogP contribution is 2.22. The van der Waals surface area contributed by atoms with E-state index in [0.717, 1.165) is 4.90 Å². The summed E-state index contributed by atoms with van der Waals surface area (Å²) in [5.41, 5.74) is -0.764. The van der Waals surface area contributed by atoms with Gasteiger partial charge < -0.3 is 15.4 Å². The van der Waals surface area contributed by atoms with Crippen molar-refractivity contribution in [3.63, 3.8) is 0 Å². The lowest BCUT2D eigenvalue weighted by Crippen LogP contribution is -2.44. The molecule has 1 aliphatic rings. The van der Waals surface area contributed by atoms with Crippen molar-refractivity contribution in [3.05, 3.63) is 35.9 Å². The zero-order chi connectivity index (χ0) is 20.9. The Labute approximate surface area is 161 Å². The van der Waals surface area contributed by atoms with Crippen LogP contribution in [0.3, 0.4) is 0 Å². The minimum atomic E-state index is -1.43. The fourth-order valence-electron chi connectivity index (χ4n) is 2.57. The lowest BCUT2D eigenvalue weighted by Gasteiger charge is -2.20. The van der Waals surface area contributed by atoms with E-state index in [1.165, 1.54) is 7.05 Å². The molecule has 0 bridgehead atoms. The minimum absolute atomic E-state index is 0.327. The first-order valence-electron chi connectivity index (χ1n) is 8.63. The lowest BCUT2D eigenvalue weighted by atomic mass is 9.99. The van der Waals surface area contributed by atoms with E-state index < -0.39 is 48.0 Å². The maximum atomic E-state index is 12.4. The number of hydrogen-bond acceptors (Lipinski definition) is 6. The molecule has 6 amide bonds. The Morgan fingerprint density at radius 1 is 1.21 bits per heavy atom. The monoisotopic (exact) mass is 390 g/mol. The van der Waals surface area contributed by atoms with Crippen molar-refractivity contribution in [1.82, 2.24) is 20.9 Å². The lowest BCUT2D eigenvalue weighted by molar-refractivity contribution is -0.157. The van der Waals surface area contributed by atoms with Gasteiger partial charge in [-0.05, 0) is 13.3 Å². The smallest absolute Gasteiger partial charge is 0.327 e. The van der Waals surface area contributed by atoms with Crippen LogP contribution in [0.15, 0.2) is 30.3 Å². The first kappa shape index (κ1) is 20.9. The van der Waals surface area contributed by atoms with Gasteiger partial charge in [-0.3, -0.25) is 24.6 Å². The van der Waals surface area contributed by atoms with Gasteiger partial charge in [0.25, 0.3) is 11.8 Å². The molecular formula is C18H22N4O6. The third kappa shape index (κ3) is 4.45. The molecule has 0 radical (unpaired) electrons. The maximum Gasteiger partial charge on any atom is 0.327 e. The number of imide groups is 2. The molecule has 28 heavy (non-hydrogen) atoms. The van der Waals surface area contributed by atoms with Gasteiger partial charge in [-0.15, -0.1) is 0 Å². The van der Waals surface area contributed by atoms with E-state index >= 15 is 0 Å². The molecule has 2 rings (SSSR count). The van der Waals surface area contributed by atoms with Crippen LogP contribution in [0.5, 0.6) is 0 Å². The molecule has 0 saturated carbocycles. The van der Waals surface area contributed by atoms with Gasteiger partial charge in [0.05, 0.1) is 0 Å². The van der Waals surface area contributed by atoms with Gasteiger partial charge in [-0.25, -0.2) is 9.59 Å². The van der Waals surface area contributed by atoms with E-state index in [1.807, 2.05) is 5.32 Å². The van der Waals surface area contributed by atoms with E-state index in [0.29, 0.717) is 12.0 Å². The van der Waals surface area contributed by atoms with Crippen LogP contribution in [0.4, 0.5) is 9.59 Å². The second-order valence-corrected chi connectivity index (χ2v) is 6.36. The Hall–Kier alpha value is -3.43. The molecule has 0 spiro atoms. The molecule has 1 saturated heterocycles. The van der Waals surface area contributed by atoms with Crippen molar-refractivity contribution in [2.45, 2.75) is 31.9 Å². The average molecular weight is 390 g/mol. The van der Waals surface area contributed by atoms with Crippen molar-refractivity contribution in [2.75, 3.05) is 13.6 Å². The standard InChI is InChI=1S/C18H22N4O6/c1-4-18(2)15(25)22(17(27)21-18)10-12(23)28-13(11-8-6-5-7-9-11)14(24)20-16(26)19-3/h5-9,13H,4,10H2,1-3H3,(H,21,27)(H2,19,20,24,26). The predicted molar refractivity (Wildman–Crippen MR) is 96.8 cm³/mol. The Kier molecular flexibility index (Phi) is 6.34. The van der Waals surface area contributed by atoms with Crippen molar-refractivity contribution < 1.29 is 28.7 Å². The van der Waals surface area contributed by atoms with Crippen LogP contribution in [-0.2, 0) is 19.1 Å². The van der Waals surface area contributed by atoms with Gasteiger partial charge in [0.2, 0.25) is 6.10 Å². The third-order valence-electron chi connectivity index (χ3n) is 4.39. The van der Waals surface area contributed by atoms with Gasteiger partial charge in [0.1, 0.15) is 12.1 Å². The Balaban J connectivity index is 2.14. The largest absolute Gasteiger partial charge is 0.446 e. The SMILES string of the molecule is CCC1(C)NC(=O)N(CC(=O)OC(C(=O)NC(=O)NC)c2ccccc2)C1=O. The van der Waals surface area contributed by atoms with Crippen LogP contribution in [0.25, 0.3) is 0 Å². The highest BCUT2D eigenvalue weighted by atomic mass is 16.5. The Morgan fingerprint density at radius 3 is 2.39 bits per heavy atom. The van der Waals surface area contributed by atoms with Gasteiger partial charge >= 0.3 is 18.0 Å². The molecule has 1 fully saturated rings. The molecule has 150 valence electrons. The van der Waals surface area contributed by atoms with Crippen LogP contribution < -0.4 is 16.0 Å². The maximum absolute atomic E-state index is 12.4. The molecule has 2 atom stereocenters. The number of ether oxygens (including phenoxy) is 1.